The number of nitrogens with one attached hydrogen (secondary N) is 1. The van der Waals surface area contributed by atoms with E-state index in [-0.39, 0.29) is 30.5 Å². The summed E-state index contributed by atoms with van der Waals surface area (Å²) >= 11 is 0. The molecule has 2 N–H and O–H groups in total. The molecule has 1 unspecified atom stereocenters. The molecule has 1 aliphatic heterocycles. The standard InChI is InChI=1S/C20H28FN3O3/c1-2-23(13-19(25)26)14-9-11-24(12-10-14)20(27)22-18-8-4-5-15-16(18)6-3-7-17(15)21/h3,6-7,14,18H,2,4-5,8-13H2,1H3,(H,22,27)(H,25,26). The number of fused-ring (bicyclic) bond motifs is 1. The fourth-order valence-electron chi connectivity index (χ4n) is 4.30. The smallest absolute Gasteiger partial charge is 0.317 e. The van der Waals surface area contributed by atoms with Crippen molar-refractivity contribution in [2.75, 3.05) is 26.2 Å². The molecule has 2 amide bonds. The van der Waals surface area contributed by atoms with Gasteiger partial charge in [0.1, 0.15) is 5.82 Å². The Morgan fingerprint density at radius 2 is 2.04 bits per heavy atom. The number of carbonyl (C=O) groups is 2. The minimum Gasteiger partial charge on any atom is -0.480 e. The second-order valence-electron chi connectivity index (χ2n) is 7.38. The molecule has 0 spiro atoms. The molecule has 2 aliphatic rings. The van der Waals surface area contributed by atoms with Crippen molar-refractivity contribution in [3.63, 3.8) is 0 Å². The second kappa shape index (κ2) is 8.69. The molecular weight excluding hydrogens is 349 g/mol. The molecular formula is C20H28FN3O3. The summed E-state index contributed by atoms with van der Waals surface area (Å²) in [6.45, 7) is 3.90. The van der Waals surface area contributed by atoms with Crippen LogP contribution < -0.4 is 5.32 Å². The lowest BCUT2D eigenvalue weighted by molar-refractivity contribution is -0.139. The number of likely N-dealkylation sites (tertiary alicyclic amines) is 1. The normalized spacial score (nSPS) is 20.4. The van der Waals surface area contributed by atoms with Crippen LogP contribution in [0.25, 0.3) is 0 Å². The third-order valence-corrected chi connectivity index (χ3v) is 5.76. The van der Waals surface area contributed by atoms with Gasteiger partial charge in [0.15, 0.2) is 0 Å². The van der Waals surface area contributed by atoms with Crippen LogP contribution in [0.1, 0.15) is 49.8 Å². The summed E-state index contributed by atoms with van der Waals surface area (Å²) < 4.78 is 14.0. The molecule has 6 nitrogen and oxygen atoms in total. The molecule has 148 valence electrons. The van der Waals surface area contributed by atoms with Crippen LogP contribution in [0.2, 0.25) is 0 Å². The average Bonchev–Trinajstić information content (AvgIpc) is 2.67. The molecule has 1 aliphatic carbocycles. The molecule has 1 fully saturated rings. The number of benzene rings is 1. The molecule has 0 aromatic heterocycles. The predicted molar refractivity (Wildman–Crippen MR) is 100 cm³/mol. The quantitative estimate of drug-likeness (QED) is 0.828. The number of hydrogen-bond acceptors (Lipinski definition) is 3. The van der Waals surface area contributed by atoms with Crippen molar-refractivity contribution < 1.29 is 19.1 Å². The van der Waals surface area contributed by atoms with E-state index in [1.807, 2.05) is 17.9 Å². The monoisotopic (exact) mass is 377 g/mol. The van der Waals surface area contributed by atoms with E-state index in [2.05, 4.69) is 5.32 Å². The number of urea groups is 1. The summed E-state index contributed by atoms with van der Waals surface area (Å²) in [5.41, 5.74) is 1.61. The summed E-state index contributed by atoms with van der Waals surface area (Å²) in [7, 11) is 0. The van der Waals surface area contributed by atoms with Gasteiger partial charge in [-0.25, -0.2) is 9.18 Å². The van der Waals surface area contributed by atoms with Crippen molar-refractivity contribution in [1.82, 2.24) is 15.1 Å². The Balaban J connectivity index is 1.57. The molecule has 1 aromatic rings. The summed E-state index contributed by atoms with van der Waals surface area (Å²) in [6.07, 6.45) is 3.94. The van der Waals surface area contributed by atoms with Crippen molar-refractivity contribution in [3.05, 3.63) is 35.1 Å². The molecule has 0 saturated carbocycles. The van der Waals surface area contributed by atoms with E-state index in [0.29, 0.717) is 19.6 Å². The van der Waals surface area contributed by atoms with Gasteiger partial charge in [-0.15, -0.1) is 0 Å². The van der Waals surface area contributed by atoms with Gasteiger partial charge in [-0.3, -0.25) is 9.69 Å². The molecule has 0 radical (unpaired) electrons. The zero-order chi connectivity index (χ0) is 19.4. The molecule has 0 bridgehead atoms. The van der Waals surface area contributed by atoms with Gasteiger partial charge in [-0.05, 0) is 55.8 Å². The first-order valence-electron chi connectivity index (χ1n) is 9.78. The van der Waals surface area contributed by atoms with Crippen LogP contribution in [0, 0.1) is 5.82 Å². The maximum atomic E-state index is 14.0. The molecule has 1 saturated heterocycles. The SMILES string of the molecule is CCN(CC(=O)O)C1CCN(C(=O)NC2CCCc3c(F)cccc32)CC1. The Morgan fingerprint density at radius 3 is 2.70 bits per heavy atom. The third kappa shape index (κ3) is 4.58. The minimum atomic E-state index is -0.819. The van der Waals surface area contributed by atoms with Crippen molar-refractivity contribution in [2.24, 2.45) is 0 Å². The van der Waals surface area contributed by atoms with Crippen molar-refractivity contribution in [1.29, 1.82) is 0 Å². The van der Waals surface area contributed by atoms with E-state index < -0.39 is 5.97 Å². The number of carboxylic acid groups (broad SMARTS) is 1. The Bertz CT molecular complexity index is 689. The van der Waals surface area contributed by atoms with Crippen LogP contribution >= 0.6 is 0 Å². The number of hydrogen-bond donors (Lipinski definition) is 2. The zero-order valence-corrected chi connectivity index (χ0v) is 15.8. The summed E-state index contributed by atoms with van der Waals surface area (Å²) in [6, 6.07) is 5.01. The molecule has 7 heteroatoms. The highest BCUT2D eigenvalue weighted by molar-refractivity contribution is 5.75. The molecule has 3 rings (SSSR count). The summed E-state index contributed by atoms with van der Waals surface area (Å²) in [5.74, 6) is -1.01. The second-order valence-corrected chi connectivity index (χ2v) is 7.38. The van der Waals surface area contributed by atoms with Crippen molar-refractivity contribution >= 4 is 12.0 Å². The number of likely N-dealkylation sites (N-methyl/N-ethyl adjacent to an activating group) is 1. The lowest BCUT2D eigenvalue weighted by Crippen LogP contribution is -2.51. The fraction of sp³-hybridized carbons (Fsp3) is 0.600. The van der Waals surface area contributed by atoms with Crippen LogP contribution in [0.15, 0.2) is 18.2 Å². The van der Waals surface area contributed by atoms with Gasteiger partial charge in [0.2, 0.25) is 0 Å². The number of halogens is 1. The van der Waals surface area contributed by atoms with Crippen LogP contribution in [0.3, 0.4) is 0 Å². The van der Waals surface area contributed by atoms with Crippen LogP contribution in [-0.2, 0) is 11.2 Å². The van der Waals surface area contributed by atoms with Gasteiger partial charge in [-0.1, -0.05) is 19.1 Å². The first kappa shape index (κ1) is 19.6. The zero-order valence-electron chi connectivity index (χ0n) is 15.8. The lowest BCUT2D eigenvalue weighted by Gasteiger charge is -2.38. The van der Waals surface area contributed by atoms with Gasteiger partial charge in [0.25, 0.3) is 0 Å². The highest BCUT2D eigenvalue weighted by Crippen LogP contribution is 2.31. The van der Waals surface area contributed by atoms with E-state index >= 15 is 0 Å². The first-order chi connectivity index (χ1) is 13.0. The highest BCUT2D eigenvalue weighted by Gasteiger charge is 2.29. The van der Waals surface area contributed by atoms with Crippen LogP contribution in [-0.4, -0.2) is 59.1 Å². The largest absolute Gasteiger partial charge is 0.480 e. The van der Waals surface area contributed by atoms with Crippen LogP contribution in [0.5, 0.6) is 0 Å². The number of carboxylic acids is 1. The topological polar surface area (TPSA) is 72.9 Å². The number of amides is 2. The number of carbonyl (C=O) groups excluding carboxylic acids is 1. The number of aliphatic carboxylic acids is 1. The first-order valence-corrected chi connectivity index (χ1v) is 9.78. The van der Waals surface area contributed by atoms with Gasteiger partial charge in [-0.2, -0.15) is 0 Å². The number of rotatable bonds is 5. The Kier molecular flexibility index (Phi) is 6.31. The van der Waals surface area contributed by atoms with Crippen LogP contribution in [0.4, 0.5) is 9.18 Å². The average molecular weight is 377 g/mol. The molecule has 1 atom stereocenters. The van der Waals surface area contributed by atoms with Gasteiger partial charge in [0, 0.05) is 19.1 Å². The molecule has 1 heterocycles. The van der Waals surface area contributed by atoms with Gasteiger partial charge in [0.05, 0.1) is 12.6 Å². The summed E-state index contributed by atoms with van der Waals surface area (Å²) in [4.78, 5) is 27.4. The summed E-state index contributed by atoms with van der Waals surface area (Å²) in [5, 5.41) is 12.1. The maximum absolute atomic E-state index is 14.0. The van der Waals surface area contributed by atoms with Crippen molar-refractivity contribution in [2.45, 2.75) is 51.1 Å². The van der Waals surface area contributed by atoms with E-state index in [4.69, 9.17) is 5.11 Å². The highest BCUT2D eigenvalue weighted by atomic mass is 19.1. The fourth-order valence-corrected chi connectivity index (χ4v) is 4.30. The maximum Gasteiger partial charge on any atom is 0.317 e. The Labute approximate surface area is 159 Å². The Morgan fingerprint density at radius 1 is 1.30 bits per heavy atom. The van der Waals surface area contributed by atoms with E-state index in [0.717, 1.165) is 43.2 Å². The van der Waals surface area contributed by atoms with Gasteiger partial charge < -0.3 is 15.3 Å². The van der Waals surface area contributed by atoms with E-state index in [1.54, 1.807) is 11.0 Å². The third-order valence-electron chi connectivity index (χ3n) is 5.76. The van der Waals surface area contributed by atoms with E-state index in [1.165, 1.54) is 6.07 Å². The predicted octanol–water partition coefficient (Wildman–Crippen LogP) is 2.78. The Hall–Kier alpha value is -2.15. The number of nitrogens with zero attached hydrogens (tertiary/aromatic N) is 2. The molecule has 1 aromatic carbocycles. The van der Waals surface area contributed by atoms with Crippen molar-refractivity contribution in [3.8, 4) is 0 Å². The number of piperidine rings is 1. The minimum absolute atomic E-state index is 0.0395. The lowest BCUT2D eigenvalue weighted by atomic mass is 9.87. The molecule has 27 heavy (non-hydrogen) atoms. The van der Waals surface area contributed by atoms with Gasteiger partial charge >= 0.3 is 12.0 Å². The van der Waals surface area contributed by atoms with E-state index in [9.17, 15) is 14.0 Å².